The normalized spacial score (nSPS) is 16.6. The van der Waals surface area contributed by atoms with Gasteiger partial charge in [-0.05, 0) is 36.6 Å². The fraction of sp³-hybridized carbons (Fsp3) is 0.286. The molecule has 1 atom stereocenters. The molecule has 0 radical (unpaired) electrons. The van der Waals surface area contributed by atoms with E-state index >= 15 is 0 Å². The molecule has 0 unspecified atom stereocenters. The highest BCUT2D eigenvalue weighted by atomic mass is 16.5. The molecule has 6 nitrogen and oxygen atoms in total. The Morgan fingerprint density at radius 2 is 1.96 bits per heavy atom. The van der Waals surface area contributed by atoms with Gasteiger partial charge >= 0.3 is 6.03 Å². The van der Waals surface area contributed by atoms with Crippen LogP contribution in [0.1, 0.15) is 24.0 Å². The van der Waals surface area contributed by atoms with Gasteiger partial charge in [0.05, 0.1) is 18.2 Å². The highest BCUT2D eigenvalue weighted by molar-refractivity contribution is 5.97. The number of imide groups is 1. The van der Waals surface area contributed by atoms with Crippen LogP contribution in [0.2, 0.25) is 0 Å². The van der Waals surface area contributed by atoms with E-state index in [0.717, 1.165) is 12.8 Å². The third-order valence-corrected chi connectivity index (χ3v) is 4.47. The average molecular weight is 363 g/mol. The lowest BCUT2D eigenvalue weighted by Crippen LogP contribution is -2.55. The third kappa shape index (κ3) is 5.08. The van der Waals surface area contributed by atoms with Crippen molar-refractivity contribution in [2.24, 2.45) is 0 Å². The summed E-state index contributed by atoms with van der Waals surface area (Å²) in [4.78, 5) is 25.8. The Balaban J connectivity index is 1.46. The minimum Gasteiger partial charge on any atom is -0.492 e. The lowest BCUT2D eigenvalue weighted by Gasteiger charge is -2.31. The zero-order valence-electron chi connectivity index (χ0n) is 14.9. The summed E-state index contributed by atoms with van der Waals surface area (Å²) in [5, 5.41) is 11.8. The second kappa shape index (κ2) is 8.86. The molecular formula is C21H21N3O3. The lowest BCUT2D eigenvalue weighted by molar-refractivity contribution is -0.130. The highest BCUT2D eigenvalue weighted by Gasteiger charge is 2.31. The molecule has 3 rings (SSSR count). The van der Waals surface area contributed by atoms with Crippen molar-refractivity contribution in [1.82, 2.24) is 10.2 Å². The number of urea groups is 1. The van der Waals surface area contributed by atoms with E-state index in [9.17, 15) is 9.59 Å². The van der Waals surface area contributed by atoms with Gasteiger partial charge in [0.2, 0.25) is 5.91 Å². The lowest BCUT2D eigenvalue weighted by atomic mass is 10.0. The van der Waals surface area contributed by atoms with Crippen LogP contribution in [-0.4, -0.2) is 36.0 Å². The molecule has 1 saturated heterocycles. The molecular weight excluding hydrogens is 342 g/mol. The summed E-state index contributed by atoms with van der Waals surface area (Å²) >= 11 is 0. The van der Waals surface area contributed by atoms with E-state index in [0.29, 0.717) is 17.7 Å². The maximum absolute atomic E-state index is 12.3. The van der Waals surface area contributed by atoms with Gasteiger partial charge in [-0.25, -0.2) is 4.79 Å². The molecule has 0 aliphatic carbocycles. The Hall–Kier alpha value is -3.33. The predicted molar refractivity (Wildman–Crippen MR) is 100 cm³/mol. The quantitative estimate of drug-likeness (QED) is 0.820. The van der Waals surface area contributed by atoms with Crippen molar-refractivity contribution in [3.8, 4) is 11.8 Å². The molecule has 0 spiro atoms. The van der Waals surface area contributed by atoms with E-state index < -0.39 is 0 Å². The number of nitrogens with zero attached hydrogens (tertiary/aromatic N) is 2. The SMILES string of the molecule is N#Cc1cccc(OCCN2C(=O)C[C@@H](CCc3ccccc3)NC2=O)c1. The van der Waals surface area contributed by atoms with Crippen LogP contribution in [0.25, 0.3) is 0 Å². The molecule has 138 valence electrons. The topological polar surface area (TPSA) is 82.4 Å². The van der Waals surface area contributed by atoms with Crippen LogP contribution >= 0.6 is 0 Å². The molecule has 2 aromatic rings. The second-order valence-electron chi connectivity index (χ2n) is 6.41. The van der Waals surface area contributed by atoms with E-state index in [1.807, 2.05) is 36.4 Å². The van der Waals surface area contributed by atoms with Crippen LogP contribution in [0.15, 0.2) is 54.6 Å². The van der Waals surface area contributed by atoms with Gasteiger partial charge in [-0.2, -0.15) is 5.26 Å². The molecule has 1 fully saturated rings. The Bertz CT molecular complexity index is 827. The summed E-state index contributed by atoms with van der Waals surface area (Å²) in [5.74, 6) is 0.353. The molecule has 27 heavy (non-hydrogen) atoms. The Morgan fingerprint density at radius 1 is 1.15 bits per heavy atom. The van der Waals surface area contributed by atoms with Crippen molar-refractivity contribution in [2.75, 3.05) is 13.2 Å². The molecule has 1 N–H and O–H groups in total. The van der Waals surface area contributed by atoms with Gasteiger partial charge in [0, 0.05) is 12.5 Å². The minimum atomic E-state index is -0.376. The first-order valence-electron chi connectivity index (χ1n) is 8.93. The standard InChI is InChI=1S/C21H21N3O3/c22-15-17-7-4-8-19(13-17)27-12-11-24-20(25)14-18(23-21(24)26)10-9-16-5-2-1-3-6-16/h1-8,13,18H,9-12,14H2,(H,23,26)/t18-/m1/s1. The predicted octanol–water partition coefficient (Wildman–Crippen LogP) is 2.88. The molecule has 0 aromatic heterocycles. The molecule has 2 aromatic carbocycles. The number of ether oxygens (including phenoxy) is 1. The summed E-state index contributed by atoms with van der Waals surface area (Å²) in [5.41, 5.74) is 1.69. The van der Waals surface area contributed by atoms with E-state index in [-0.39, 0.29) is 31.1 Å². The first kappa shape index (κ1) is 18.5. The van der Waals surface area contributed by atoms with Gasteiger partial charge < -0.3 is 10.1 Å². The van der Waals surface area contributed by atoms with Gasteiger partial charge in [-0.3, -0.25) is 9.69 Å². The van der Waals surface area contributed by atoms with E-state index in [2.05, 4.69) is 5.32 Å². The van der Waals surface area contributed by atoms with Crippen molar-refractivity contribution >= 4 is 11.9 Å². The maximum atomic E-state index is 12.3. The van der Waals surface area contributed by atoms with E-state index in [1.54, 1.807) is 24.3 Å². The summed E-state index contributed by atoms with van der Waals surface area (Å²) in [6, 6.07) is 18.3. The van der Waals surface area contributed by atoms with Crippen LogP contribution in [0.4, 0.5) is 4.79 Å². The smallest absolute Gasteiger partial charge is 0.324 e. The third-order valence-electron chi connectivity index (χ3n) is 4.47. The Morgan fingerprint density at radius 3 is 2.70 bits per heavy atom. The first-order chi connectivity index (χ1) is 13.2. The number of nitrogens with one attached hydrogen (secondary N) is 1. The summed E-state index contributed by atoms with van der Waals surface area (Å²) in [6.07, 6.45) is 1.84. The van der Waals surface area contributed by atoms with Crippen LogP contribution in [0, 0.1) is 11.3 Å². The number of hydrogen-bond donors (Lipinski definition) is 1. The molecule has 0 saturated carbocycles. The molecule has 1 heterocycles. The molecule has 0 bridgehead atoms. The van der Waals surface area contributed by atoms with Crippen LogP contribution in [0.5, 0.6) is 5.75 Å². The summed E-state index contributed by atoms with van der Waals surface area (Å²) in [7, 11) is 0. The van der Waals surface area contributed by atoms with Crippen molar-refractivity contribution in [1.29, 1.82) is 5.26 Å². The highest BCUT2D eigenvalue weighted by Crippen LogP contribution is 2.15. The number of rotatable bonds is 7. The average Bonchev–Trinajstić information content (AvgIpc) is 2.69. The number of nitriles is 1. The number of benzene rings is 2. The van der Waals surface area contributed by atoms with Crippen LogP contribution in [-0.2, 0) is 11.2 Å². The van der Waals surface area contributed by atoms with Gasteiger partial charge in [0.25, 0.3) is 0 Å². The van der Waals surface area contributed by atoms with Crippen molar-refractivity contribution in [3.05, 3.63) is 65.7 Å². The molecule has 6 heteroatoms. The number of aryl methyl sites for hydroxylation is 1. The van der Waals surface area contributed by atoms with E-state index in [1.165, 1.54) is 10.5 Å². The van der Waals surface area contributed by atoms with Crippen molar-refractivity contribution in [3.63, 3.8) is 0 Å². The molecule has 1 aliphatic rings. The first-order valence-corrected chi connectivity index (χ1v) is 8.93. The van der Waals surface area contributed by atoms with Crippen LogP contribution in [0.3, 0.4) is 0 Å². The number of carbonyl (C=O) groups excluding carboxylic acids is 2. The maximum Gasteiger partial charge on any atom is 0.324 e. The van der Waals surface area contributed by atoms with Gasteiger partial charge in [-0.15, -0.1) is 0 Å². The second-order valence-corrected chi connectivity index (χ2v) is 6.41. The summed E-state index contributed by atoms with van der Waals surface area (Å²) in [6.45, 7) is 0.357. The van der Waals surface area contributed by atoms with Crippen molar-refractivity contribution < 1.29 is 14.3 Å². The van der Waals surface area contributed by atoms with Gasteiger partial charge in [0.15, 0.2) is 0 Å². The largest absolute Gasteiger partial charge is 0.492 e. The van der Waals surface area contributed by atoms with Gasteiger partial charge in [-0.1, -0.05) is 36.4 Å². The Labute approximate surface area is 158 Å². The fourth-order valence-electron chi connectivity index (χ4n) is 3.03. The Kier molecular flexibility index (Phi) is 6.06. The number of amides is 3. The summed E-state index contributed by atoms with van der Waals surface area (Å²) < 4.78 is 5.56. The monoisotopic (exact) mass is 363 g/mol. The van der Waals surface area contributed by atoms with Crippen LogP contribution < -0.4 is 10.1 Å². The molecule has 3 amide bonds. The van der Waals surface area contributed by atoms with E-state index in [4.69, 9.17) is 10.00 Å². The molecule has 1 aliphatic heterocycles. The fourth-order valence-corrected chi connectivity index (χ4v) is 3.03. The minimum absolute atomic E-state index is 0.144. The zero-order chi connectivity index (χ0) is 19.1. The van der Waals surface area contributed by atoms with Crippen molar-refractivity contribution in [2.45, 2.75) is 25.3 Å². The zero-order valence-corrected chi connectivity index (χ0v) is 14.9. The van der Waals surface area contributed by atoms with Gasteiger partial charge in [0.1, 0.15) is 12.4 Å². The number of hydrogen-bond acceptors (Lipinski definition) is 4. The number of carbonyl (C=O) groups is 2.